The summed E-state index contributed by atoms with van der Waals surface area (Å²) in [5, 5.41) is 3.02. The Hall–Kier alpha value is -2.04. The molecule has 1 aliphatic heterocycles. The Morgan fingerprint density at radius 3 is 2.79 bits per heavy atom. The van der Waals surface area contributed by atoms with Crippen LogP contribution in [-0.2, 0) is 16.1 Å². The number of hydrogen-bond donors (Lipinski definition) is 1. The molecule has 0 radical (unpaired) electrons. The lowest BCUT2D eigenvalue weighted by Crippen LogP contribution is -2.52. The Labute approximate surface area is 144 Å². The van der Waals surface area contributed by atoms with Gasteiger partial charge < -0.3 is 15.0 Å². The molecule has 1 fully saturated rings. The van der Waals surface area contributed by atoms with E-state index in [-0.39, 0.29) is 17.7 Å². The van der Waals surface area contributed by atoms with E-state index in [0.717, 1.165) is 30.7 Å². The van der Waals surface area contributed by atoms with Crippen LogP contribution in [0.5, 0.6) is 5.75 Å². The third-order valence-electron chi connectivity index (χ3n) is 4.64. The zero-order chi connectivity index (χ0) is 17.7. The summed E-state index contributed by atoms with van der Waals surface area (Å²) in [5.74, 6) is 0.875. The number of hydrogen-bond acceptors (Lipinski definition) is 3. The molecule has 1 unspecified atom stereocenters. The van der Waals surface area contributed by atoms with Crippen molar-refractivity contribution in [2.45, 2.75) is 40.2 Å². The van der Waals surface area contributed by atoms with E-state index in [0.29, 0.717) is 13.1 Å². The molecule has 5 heteroatoms. The lowest BCUT2D eigenvalue weighted by molar-refractivity contribution is -0.142. The zero-order valence-corrected chi connectivity index (χ0v) is 15.1. The van der Waals surface area contributed by atoms with Crippen molar-refractivity contribution in [3.63, 3.8) is 0 Å². The first-order valence-corrected chi connectivity index (χ1v) is 8.56. The highest BCUT2D eigenvalue weighted by atomic mass is 16.5. The second-order valence-electron chi connectivity index (χ2n) is 7.11. The maximum atomic E-state index is 12.7. The molecular weight excluding hydrogens is 304 g/mol. The largest absolute Gasteiger partial charge is 0.497 e. The molecule has 5 nitrogen and oxygen atoms in total. The van der Waals surface area contributed by atoms with Crippen LogP contribution in [0.1, 0.15) is 39.2 Å². The number of methoxy groups -OCH3 is 1. The molecule has 0 aromatic heterocycles. The Kier molecular flexibility index (Phi) is 5.86. The van der Waals surface area contributed by atoms with Crippen LogP contribution in [0.25, 0.3) is 0 Å². The molecule has 1 N–H and O–H groups in total. The van der Waals surface area contributed by atoms with Gasteiger partial charge in [-0.05, 0) is 37.5 Å². The van der Waals surface area contributed by atoms with Crippen LogP contribution >= 0.6 is 0 Å². The maximum Gasteiger partial charge on any atom is 0.227 e. The molecule has 132 valence electrons. The fraction of sp³-hybridized carbons (Fsp3) is 0.579. The predicted octanol–water partition coefficient (Wildman–Crippen LogP) is 2.60. The van der Waals surface area contributed by atoms with Gasteiger partial charge in [0.1, 0.15) is 5.75 Å². The smallest absolute Gasteiger partial charge is 0.227 e. The highest BCUT2D eigenvalue weighted by molar-refractivity contribution is 5.84. The molecule has 2 amide bonds. The first-order valence-electron chi connectivity index (χ1n) is 8.56. The number of ether oxygens (including phenoxy) is 1. The van der Waals surface area contributed by atoms with Crippen LogP contribution in [0.15, 0.2) is 24.3 Å². The second kappa shape index (κ2) is 7.69. The SMILES string of the molecule is COc1cccc(CNC(=O)C2(C)CCCN(C(=O)C(C)C)C2)c1. The van der Waals surface area contributed by atoms with E-state index >= 15 is 0 Å². The van der Waals surface area contributed by atoms with Crippen molar-refractivity contribution in [1.82, 2.24) is 10.2 Å². The lowest BCUT2D eigenvalue weighted by atomic mass is 9.80. The van der Waals surface area contributed by atoms with E-state index < -0.39 is 5.41 Å². The van der Waals surface area contributed by atoms with Gasteiger partial charge in [-0.25, -0.2) is 0 Å². The molecule has 1 atom stereocenters. The third-order valence-corrected chi connectivity index (χ3v) is 4.64. The van der Waals surface area contributed by atoms with Crippen LogP contribution in [-0.4, -0.2) is 36.9 Å². The van der Waals surface area contributed by atoms with Crippen molar-refractivity contribution in [3.05, 3.63) is 29.8 Å². The summed E-state index contributed by atoms with van der Waals surface area (Å²) in [6, 6.07) is 7.66. The van der Waals surface area contributed by atoms with Crippen LogP contribution < -0.4 is 10.1 Å². The van der Waals surface area contributed by atoms with Gasteiger partial charge in [-0.3, -0.25) is 9.59 Å². The third kappa shape index (κ3) is 4.28. The number of likely N-dealkylation sites (tertiary alicyclic amines) is 1. The summed E-state index contributed by atoms with van der Waals surface area (Å²) < 4.78 is 5.20. The van der Waals surface area contributed by atoms with Gasteiger partial charge in [-0.2, -0.15) is 0 Å². The molecule has 2 rings (SSSR count). The lowest BCUT2D eigenvalue weighted by Gasteiger charge is -2.40. The number of piperidine rings is 1. The molecule has 0 spiro atoms. The minimum absolute atomic E-state index is 0.00609. The number of carbonyl (C=O) groups excluding carboxylic acids is 2. The number of rotatable bonds is 5. The minimum Gasteiger partial charge on any atom is -0.497 e. The van der Waals surface area contributed by atoms with Crippen molar-refractivity contribution in [3.8, 4) is 5.75 Å². The highest BCUT2D eigenvalue weighted by Crippen LogP contribution is 2.30. The zero-order valence-electron chi connectivity index (χ0n) is 15.1. The average Bonchev–Trinajstić information content (AvgIpc) is 2.59. The van der Waals surface area contributed by atoms with Gasteiger partial charge in [0, 0.05) is 25.6 Å². The van der Waals surface area contributed by atoms with Gasteiger partial charge in [-0.1, -0.05) is 26.0 Å². The predicted molar refractivity (Wildman–Crippen MR) is 93.6 cm³/mol. The quantitative estimate of drug-likeness (QED) is 0.902. The van der Waals surface area contributed by atoms with Gasteiger partial charge in [0.2, 0.25) is 11.8 Å². The molecule has 1 aromatic carbocycles. The van der Waals surface area contributed by atoms with E-state index in [9.17, 15) is 9.59 Å². The molecule has 1 heterocycles. The van der Waals surface area contributed by atoms with Crippen molar-refractivity contribution < 1.29 is 14.3 Å². The van der Waals surface area contributed by atoms with Crippen molar-refractivity contribution in [2.24, 2.45) is 11.3 Å². The number of amides is 2. The molecule has 1 saturated heterocycles. The van der Waals surface area contributed by atoms with Gasteiger partial charge in [0.25, 0.3) is 0 Å². The Bertz CT molecular complexity index is 600. The van der Waals surface area contributed by atoms with E-state index in [1.807, 2.05) is 49.9 Å². The van der Waals surface area contributed by atoms with E-state index in [2.05, 4.69) is 5.32 Å². The van der Waals surface area contributed by atoms with E-state index in [1.165, 1.54) is 0 Å². The Morgan fingerprint density at radius 1 is 1.38 bits per heavy atom. The Balaban J connectivity index is 1.98. The normalized spacial score (nSPS) is 20.8. The topological polar surface area (TPSA) is 58.6 Å². The minimum atomic E-state index is -0.526. The molecule has 24 heavy (non-hydrogen) atoms. The standard InChI is InChI=1S/C19H28N2O3/c1-14(2)17(22)21-10-6-9-19(3,13-21)18(23)20-12-15-7-5-8-16(11-15)24-4/h5,7-8,11,14H,6,9-10,12-13H2,1-4H3,(H,20,23). The summed E-state index contributed by atoms with van der Waals surface area (Å²) >= 11 is 0. The molecule has 0 aliphatic carbocycles. The van der Waals surface area contributed by atoms with E-state index in [1.54, 1.807) is 7.11 Å². The number of nitrogens with one attached hydrogen (secondary N) is 1. The first-order chi connectivity index (χ1) is 11.4. The van der Waals surface area contributed by atoms with Crippen molar-refractivity contribution in [1.29, 1.82) is 0 Å². The Morgan fingerprint density at radius 2 is 2.12 bits per heavy atom. The van der Waals surface area contributed by atoms with Crippen molar-refractivity contribution >= 4 is 11.8 Å². The average molecular weight is 332 g/mol. The number of benzene rings is 1. The van der Waals surface area contributed by atoms with E-state index in [4.69, 9.17) is 4.74 Å². The number of carbonyl (C=O) groups is 2. The van der Waals surface area contributed by atoms with Gasteiger partial charge >= 0.3 is 0 Å². The van der Waals surface area contributed by atoms with Crippen LogP contribution in [0.2, 0.25) is 0 Å². The molecule has 1 aliphatic rings. The summed E-state index contributed by atoms with van der Waals surface area (Å²) in [7, 11) is 1.63. The monoisotopic (exact) mass is 332 g/mol. The van der Waals surface area contributed by atoms with Crippen LogP contribution in [0, 0.1) is 11.3 Å². The van der Waals surface area contributed by atoms with Gasteiger partial charge in [-0.15, -0.1) is 0 Å². The van der Waals surface area contributed by atoms with Crippen LogP contribution in [0.4, 0.5) is 0 Å². The highest BCUT2D eigenvalue weighted by Gasteiger charge is 2.39. The van der Waals surface area contributed by atoms with Crippen LogP contribution in [0.3, 0.4) is 0 Å². The fourth-order valence-corrected chi connectivity index (χ4v) is 3.16. The summed E-state index contributed by atoms with van der Waals surface area (Å²) in [6.07, 6.45) is 1.67. The second-order valence-corrected chi connectivity index (χ2v) is 7.11. The summed E-state index contributed by atoms with van der Waals surface area (Å²) in [5.41, 5.74) is 0.471. The molecule has 0 bridgehead atoms. The summed E-state index contributed by atoms with van der Waals surface area (Å²) in [4.78, 5) is 26.8. The van der Waals surface area contributed by atoms with Gasteiger partial charge in [0.15, 0.2) is 0 Å². The van der Waals surface area contributed by atoms with Gasteiger partial charge in [0.05, 0.1) is 12.5 Å². The molecular formula is C19H28N2O3. The fourth-order valence-electron chi connectivity index (χ4n) is 3.16. The molecule has 0 saturated carbocycles. The first kappa shape index (κ1) is 18.3. The summed E-state index contributed by atoms with van der Waals surface area (Å²) in [6.45, 7) is 7.45. The maximum absolute atomic E-state index is 12.7. The molecule has 1 aromatic rings. The number of nitrogens with zero attached hydrogens (tertiary/aromatic N) is 1. The van der Waals surface area contributed by atoms with Crippen molar-refractivity contribution in [2.75, 3.05) is 20.2 Å².